The Morgan fingerprint density at radius 3 is 2.94 bits per heavy atom. The molecule has 0 amide bonds. The van der Waals surface area contributed by atoms with E-state index in [1.165, 1.54) is 32.1 Å². The monoisotopic (exact) mass is 234 g/mol. The normalized spacial score (nSPS) is 16.8. The molecule has 0 bridgehead atoms. The third-order valence-corrected chi connectivity index (χ3v) is 3.30. The lowest BCUT2D eigenvalue weighted by Gasteiger charge is -2.21. The van der Waals surface area contributed by atoms with Crippen LogP contribution in [0.25, 0.3) is 0 Å². The molecule has 1 aromatic rings. The Morgan fingerprint density at radius 2 is 2.18 bits per heavy atom. The van der Waals surface area contributed by atoms with E-state index in [9.17, 15) is 0 Å². The van der Waals surface area contributed by atoms with Gasteiger partial charge in [-0.05, 0) is 31.7 Å². The summed E-state index contributed by atoms with van der Waals surface area (Å²) in [5.41, 5.74) is 0. The molecule has 3 nitrogen and oxygen atoms in total. The van der Waals surface area contributed by atoms with Crippen molar-refractivity contribution in [2.45, 2.75) is 39.0 Å². The maximum Gasteiger partial charge on any atom is 0.129 e. The summed E-state index contributed by atoms with van der Waals surface area (Å²) in [5.74, 6) is 2.58. The van der Waals surface area contributed by atoms with Crippen LogP contribution in [-0.4, -0.2) is 18.1 Å². The van der Waals surface area contributed by atoms with Crippen molar-refractivity contribution >= 4 is 5.82 Å². The molecule has 2 rings (SSSR count). The van der Waals surface area contributed by atoms with Gasteiger partial charge in [-0.1, -0.05) is 19.3 Å². The minimum absolute atomic E-state index is 0.750. The Bertz CT molecular complexity index is 335. The smallest absolute Gasteiger partial charge is 0.129 e. The summed E-state index contributed by atoms with van der Waals surface area (Å²) in [6.45, 7) is 3.81. The van der Waals surface area contributed by atoms with Gasteiger partial charge in [0.2, 0.25) is 0 Å². The fourth-order valence-corrected chi connectivity index (χ4v) is 2.35. The number of anilines is 1. The molecule has 0 atom stereocenters. The van der Waals surface area contributed by atoms with Crippen LogP contribution in [0.1, 0.15) is 39.0 Å². The number of nitrogens with one attached hydrogen (secondary N) is 1. The van der Waals surface area contributed by atoms with Crippen molar-refractivity contribution < 1.29 is 4.74 Å². The van der Waals surface area contributed by atoms with Crippen LogP contribution in [0, 0.1) is 5.92 Å². The summed E-state index contributed by atoms with van der Waals surface area (Å²) >= 11 is 0. The first-order valence-corrected chi connectivity index (χ1v) is 6.71. The minimum atomic E-state index is 0.750. The average molecular weight is 234 g/mol. The third-order valence-electron chi connectivity index (χ3n) is 3.30. The molecule has 94 valence electrons. The summed E-state index contributed by atoms with van der Waals surface area (Å²) in [5, 5.41) is 3.19. The van der Waals surface area contributed by atoms with E-state index in [0.29, 0.717) is 0 Å². The summed E-state index contributed by atoms with van der Waals surface area (Å²) in [7, 11) is 0. The molecule has 0 saturated heterocycles. The largest absolute Gasteiger partial charge is 0.493 e. The van der Waals surface area contributed by atoms with Crippen LogP contribution in [0.15, 0.2) is 18.3 Å². The predicted molar refractivity (Wildman–Crippen MR) is 70.5 cm³/mol. The molecule has 0 radical (unpaired) electrons. The molecule has 0 spiro atoms. The SMILES string of the molecule is CCNc1cc(OCC2CCCCC2)ccn1. The molecule has 17 heavy (non-hydrogen) atoms. The molecular weight excluding hydrogens is 212 g/mol. The van der Waals surface area contributed by atoms with E-state index in [1.807, 2.05) is 12.1 Å². The summed E-state index contributed by atoms with van der Waals surface area (Å²) in [6.07, 6.45) is 8.58. The molecule has 0 aliphatic heterocycles. The van der Waals surface area contributed by atoms with Gasteiger partial charge in [0.25, 0.3) is 0 Å². The fourth-order valence-electron chi connectivity index (χ4n) is 2.35. The highest BCUT2D eigenvalue weighted by Crippen LogP contribution is 2.24. The summed E-state index contributed by atoms with van der Waals surface area (Å²) in [4.78, 5) is 4.23. The highest BCUT2D eigenvalue weighted by molar-refractivity contribution is 5.40. The van der Waals surface area contributed by atoms with Gasteiger partial charge >= 0.3 is 0 Å². The van der Waals surface area contributed by atoms with Crippen molar-refractivity contribution in [3.8, 4) is 5.75 Å². The zero-order chi connectivity index (χ0) is 11.9. The standard InChI is InChI=1S/C14H22N2O/c1-2-15-14-10-13(8-9-16-14)17-11-12-6-4-3-5-7-12/h8-10,12H,2-7,11H2,1H3,(H,15,16). The third kappa shape index (κ3) is 3.91. The molecule has 1 aliphatic carbocycles. The molecule has 1 N–H and O–H groups in total. The molecule has 3 heteroatoms. The maximum atomic E-state index is 5.85. The Balaban J connectivity index is 1.83. The number of ether oxygens (including phenoxy) is 1. The summed E-state index contributed by atoms with van der Waals surface area (Å²) < 4.78 is 5.85. The van der Waals surface area contributed by atoms with Crippen molar-refractivity contribution in [3.05, 3.63) is 18.3 Å². The zero-order valence-electron chi connectivity index (χ0n) is 10.6. The minimum Gasteiger partial charge on any atom is -0.493 e. The maximum absolute atomic E-state index is 5.85. The number of hydrogen-bond acceptors (Lipinski definition) is 3. The Hall–Kier alpha value is -1.25. The summed E-state index contributed by atoms with van der Waals surface area (Å²) in [6, 6.07) is 3.91. The van der Waals surface area contributed by atoms with E-state index >= 15 is 0 Å². The van der Waals surface area contributed by atoms with Crippen molar-refractivity contribution in [1.29, 1.82) is 0 Å². The number of pyridine rings is 1. The second kappa shape index (κ2) is 6.48. The number of nitrogens with zero attached hydrogens (tertiary/aromatic N) is 1. The molecule has 1 heterocycles. The van der Waals surface area contributed by atoms with Gasteiger partial charge in [0, 0.05) is 18.8 Å². The predicted octanol–water partition coefficient (Wildman–Crippen LogP) is 3.47. The van der Waals surface area contributed by atoms with Crippen LogP contribution >= 0.6 is 0 Å². The van der Waals surface area contributed by atoms with Crippen LogP contribution in [0.5, 0.6) is 5.75 Å². The molecule has 1 aromatic heterocycles. The second-order valence-corrected chi connectivity index (χ2v) is 4.72. The van der Waals surface area contributed by atoms with Crippen LogP contribution in [0.3, 0.4) is 0 Å². The van der Waals surface area contributed by atoms with Gasteiger partial charge in [-0.25, -0.2) is 4.98 Å². The van der Waals surface area contributed by atoms with Crippen molar-refractivity contribution in [3.63, 3.8) is 0 Å². The highest BCUT2D eigenvalue weighted by Gasteiger charge is 2.13. The Kier molecular flexibility index (Phi) is 4.65. The first-order chi connectivity index (χ1) is 8.38. The molecule has 1 saturated carbocycles. The first-order valence-electron chi connectivity index (χ1n) is 6.71. The second-order valence-electron chi connectivity index (χ2n) is 4.72. The zero-order valence-corrected chi connectivity index (χ0v) is 10.6. The number of hydrogen-bond donors (Lipinski definition) is 1. The Morgan fingerprint density at radius 1 is 1.35 bits per heavy atom. The van der Waals surface area contributed by atoms with Gasteiger partial charge in [0.05, 0.1) is 6.61 Å². The Labute approximate surface area is 104 Å². The van der Waals surface area contributed by atoms with Crippen molar-refractivity contribution in [1.82, 2.24) is 4.98 Å². The van der Waals surface area contributed by atoms with Gasteiger partial charge in [-0.2, -0.15) is 0 Å². The number of aromatic nitrogens is 1. The molecule has 1 fully saturated rings. The molecule has 0 aromatic carbocycles. The van der Waals surface area contributed by atoms with Gasteiger partial charge in [0.1, 0.15) is 11.6 Å². The quantitative estimate of drug-likeness (QED) is 0.847. The van der Waals surface area contributed by atoms with Crippen molar-refractivity contribution in [2.75, 3.05) is 18.5 Å². The van der Waals surface area contributed by atoms with Gasteiger partial charge in [-0.3, -0.25) is 0 Å². The van der Waals surface area contributed by atoms with E-state index in [2.05, 4.69) is 17.2 Å². The topological polar surface area (TPSA) is 34.1 Å². The van der Waals surface area contributed by atoms with Crippen LogP contribution in [0.2, 0.25) is 0 Å². The number of rotatable bonds is 5. The fraction of sp³-hybridized carbons (Fsp3) is 0.643. The van der Waals surface area contributed by atoms with Crippen LogP contribution in [-0.2, 0) is 0 Å². The highest BCUT2D eigenvalue weighted by atomic mass is 16.5. The van der Waals surface area contributed by atoms with Gasteiger partial charge < -0.3 is 10.1 Å². The molecule has 0 unspecified atom stereocenters. The average Bonchev–Trinajstić information content (AvgIpc) is 2.39. The lowest BCUT2D eigenvalue weighted by molar-refractivity contribution is 0.209. The van der Waals surface area contributed by atoms with Gasteiger partial charge in [0.15, 0.2) is 0 Å². The van der Waals surface area contributed by atoms with E-state index in [1.54, 1.807) is 6.20 Å². The van der Waals surface area contributed by atoms with E-state index in [4.69, 9.17) is 4.74 Å². The van der Waals surface area contributed by atoms with E-state index < -0.39 is 0 Å². The van der Waals surface area contributed by atoms with Crippen molar-refractivity contribution in [2.24, 2.45) is 5.92 Å². The van der Waals surface area contributed by atoms with Crippen LogP contribution < -0.4 is 10.1 Å². The molecule has 1 aliphatic rings. The lowest BCUT2D eigenvalue weighted by atomic mass is 9.90. The van der Waals surface area contributed by atoms with Gasteiger partial charge in [-0.15, -0.1) is 0 Å². The lowest BCUT2D eigenvalue weighted by Crippen LogP contribution is -2.15. The van der Waals surface area contributed by atoms with E-state index in [0.717, 1.165) is 30.6 Å². The first kappa shape index (κ1) is 12.2. The van der Waals surface area contributed by atoms with Crippen LogP contribution in [0.4, 0.5) is 5.82 Å². The molecular formula is C14H22N2O. The van der Waals surface area contributed by atoms with E-state index in [-0.39, 0.29) is 0 Å².